The lowest BCUT2D eigenvalue weighted by molar-refractivity contribution is 0.263. The van der Waals surface area contributed by atoms with E-state index in [2.05, 4.69) is 26.2 Å². The van der Waals surface area contributed by atoms with E-state index in [4.69, 9.17) is 5.73 Å². The van der Waals surface area contributed by atoms with Gasteiger partial charge in [-0.2, -0.15) is 11.8 Å². The van der Waals surface area contributed by atoms with E-state index < -0.39 is 0 Å². The molecule has 110 valence electrons. The van der Waals surface area contributed by atoms with Crippen molar-refractivity contribution in [1.82, 2.24) is 9.80 Å². The highest BCUT2D eigenvalue weighted by Gasteiger charge is 2.17. The molecule has 1 fully saturated rings. The fraction of sp³-hybridized carbons (Fsp3) is 0.643. The van der Waals surface area contributed by atoms with E-state index in [0.717, 1.165) is 45.2 Å². The van der Waals surface area contributed by atoms with Crippen LogP contribution in [0.25, 0.3) is 0 Å². The highest BCUT2D eigenvalue weighted by atomic mass is 32.2. The topological polar surface area (TPSA) is 44.9 Å². The first-order chi connectivity index (χ1) is 9.83. The van der Waals surface area contributed by atoms with E-state index in [1.54, 1.807) is 4.88 Å². The lowest BCUT2D eigenvalue weighted by Crippen LogP contribution is -2.43. The Balaban J connectivity index is 1.45. The molecule has 3 rings (SSSR count). The molecule has 1 saturated heterocycles. The Morgan fingerprint density at radius 1 is 1.30 bits per heavy atom. The second-order valence-corrected chi connectivity index (χ2v) is 7.46. The van der Waals surface area contributed by atoms with Crippen molar-refractivity contribution in [2.45, 2.75) is 13.0 Å². The first kappa shape index (κ1) is 14.2. The summed E-state index contributed by atoms with van der Waals surface area (Å²) in [7, 11) is 0. The van der Waals surface area contributed by atoms with E-state index in [0.29, 0.717) is 0 Å². The maximum Gasteiger partial charge on any atom is 0.191 e. The monoisotopic (exact) mass is 310 g/mol. The van der Waals surface area contributed by atoms with Crippen LogP contribution in [0.5, 0.6) is 0 Å². The zero-order valence-electron chi connectivity index (χ0n) is 11.8. The standard InChI is InChI=1S/C14H22N4S2/c15-14(18-6-9-19-10-7-18)16-3-5-17-4-1-13-12(11-17)2-8-20-13/h2,8H,1,3-7,9-11H2,(H2,15,16). The maximum absolute atomic E-state index is 6.07. The number of fused-ring (bicyclic) bond motifs is 1. The van der Waals surface area contributed by atoms with Gasteiger partial charge in [0.25, 0.3) is 0 Å². The third-order valence-corrected chi connectivity index (χ3v) is 5.88. The molecule has 0 aliphatic carbocycles. The van der Waals surface area contributed by atoms with Crippen molar-refractivity contribution in [3.8, 4) is 0 Å². The summed E-state index contributed by atoms with van der Waals surface area (Å²) in [4.78, 5) is 10.8. The Kier molecular flexibility index (Phi) is 4.86. The van der Waals surface area contributed by atoms with Crippen molar-refractivity contribution in [3.05, 3.63) is 21.9 Å². The summed E-state index contributed by atoms with van der Waals surface area (Å²) < 4.78 is 0. The molecule has 20 heavy (non-hydrogen) atoms. The zero-order chi connectivity index (χ0) is 13.8. The molecular weight excluding hydrogens is 288 g/mol. The van der Waals surface area contributed by atoms with E-state index in [1.807, 2.05) is 23.1 Å². The Hall–Kier alpha value is -0.720. The third kappa shape index (κ3) is 3.48. The predicted molar refractivity (Wildman–Crippen MR) is 88.7 cm³/mol. The molecule has 2 aliphatic heterocycles. The summed E-state index contributed by atoms with van der Waals surface area (Å²) in [5.41, 5.74) is 7.58. The van der Waals surface area contributed by atoms with Crippen LogP contribution in [0.3, 0.4) is 0 Å². The third-order valence-electron chi connectivity index (χ3n) is 3.91. The maximum atomic E-state index is 6.07. The first-order valence-corrected chi connectivity index (χ1v) is 9.26. The van der Waals surface area contributed by atoms with Gasteiger partial charge in [0.1, 0.15) is 0 Å². The van der Waals surface area contributed by atoms with E-state index in [-0.39, 0.29) is 0 Å². The second kappa shape index (κ2) is 6.83. The number of thiophene rings is 1. The van der Waals surface area contributed by atoms with Gasteiger partial charge in [0.15, 0.2) is 5.96 Å². The Morgan fingerprint density at radius 3 is 3.00 bits per heavy atom. The van der Waals surface area contributed by atoms with Crippen molar-refractivity contribution in [2.24, 2.45) is 10.7 Å². The Labute approximate surface area is 129 Å². The molecule has 2 N–H and O–H groups in total. The largest absolute Gasteiger partial charge is 0.370 e. The molecular formula is C14H22N4S2. The average Bonchev–Trinajstić information content (AvgIpc) is 2.95. The lowest BCUT2D eigenvalue weighted by atomic mass is 10.1. The minimum absolute atomic E-state index is 0.735. The Bertz CT molecular complexity index is 465. The highest BCUT2D eigenvalue weighted by Crippen LogP contribution is 2.23. The van der Waals surface area contributed by atoms with Gasteiger partial charge in [-0.15, -0.1) is 11.3 Å². The molecule has 0 amide bonds. The van der Waals surface area contributed by atoms with Crippen LogP contribution in [0.1, 0.15) is 10.4 Å². The summed E-state index contributed by atoms with van der Waals surface area (Å²) in [6, 6.07) is 2.26. The van der Waals surface area contributed by atoms with Crippen LogP contribution in [0, 0.1) is 0 Å². The predicted octanol–water partition coefficient (Wildman–Crippen LogP) is 1.47. The molecule has 3 heterocycles. The van der Waals surface area contributed by atoms with Crippen LogP contribution < -0.4 is 5.73 Å². The van der Waals surface area contributed by atoms with Crippen LogP contribution in [-0.4, -0.2) is 60.0 Å². The number of rotatable bonds is 3. The fourth-order valence-corrected chi connectivity index (χ4v) is 4.49. The molecule has 0 saturated carbocycles. The summed E-state index contributed by atoms with van der Waals surface area (Å²) in [6.45, 7) is 6.15. The molecule has 0 atom stereocenters. The minimum Gasteiger partial charge on any atom is -0.370 e. The molecule has 0 unspecified atom stereocenters. The van der Waals surface area contributed by atoms with Crippen LogP contribution in [0.15, 0.2) is 16.4 Å². The summed E-state index contributed by atoms with van der Waals surface area (Å²) >= 11 is 3.89. The molecule has 0 aromatic carbocycles. The van der Waals surface area contributed by atoms with Crippen LogP contribution in [0.2, 0.25) is 0 Å². The van der Waals surface area contributed by atoms with Crippen LogP contribution >= 0.6 is 23.1 Å². The van der Waals surface area contributed by atoms with Gasteiger partial charge < -0.3 is 10.6 Å². The van der Waals surface area contributed by atoms with Gasteiger partial charge in [0.2, 0.25) is 0 Å². The number of nitrogens with zero attached hydrogens (tertiary/aromatic N) is 3. The molecule has 1 aromatic heterocycles. The van der Waals surface area contributed by atoms with E-state index in [9.17, 15) is 0 Å². The number of nitrogens with two attached hydrogens (primary N) is 1. The van der Waals surface area contributed by atoms with Crippen LogP contribution in [-0.2, 0) is 13.0 Å². The molecule has 2 aliphatic rings. The van der Waals surface area contributed by atoms with Crippen LogP contribution in [0.4, 0.5) is 0 Å². The number of hydrogen-bond acceptors (Lipinski definition) is 4. The van der Waals surface area contributed by atoms with Gasteiger partial charge in [0.05, 0.1) is 6.54 Å². The van der Waals surface area contributed by atoms with Gasteiger partial charge in [0, 0.05) is 49.1 Å². The lowest BCUT2D eigenvalue weighted by Gasteiger charge is -2.28. The van der Waals surface area contributed by atoms with E-state index >= 15 is 0 Å². The van der Waals surface area contributed by atoms with Gasteiger partial charge in [-0.3, -0.25) is 9.89 Å². The van der Waals surface area contributed by atoms with Gasteiger partial charge >= 0.3 is 0 Å². The summed E-state index contributed by atoms with van der Waals surface area (Å²) in [5, 5.41) is 2.21. The van der Waals surface area contributed by atoms with Crippen molar-refractivity contribution in [1.29, 1.82) is 0 Å². The van der Waals surface area contributed by atoms with Crippen molar-refractivity contribution >= 4 is 29.1 Å². The highest BCUT2D eigenvalue weighted by molar-refractivity contribution is 7.99. The first-order valence-electron chi connectivity index (χ1n) is 7.23. The average molecular weight is 310 g/mol. The fourth-order valence-electron chi connectivity index (χ4n) is 2.70. The molecule has 1 aromatic rings. The Morgan fingerprint density at radius 2 is 2.15 bits per heavy atom. The number of guanidine groups is 1. The van der Waals surface area contributed by atoms with E-state index in [1.165, 1.54) is 23.5 Å². The number of thioether (sulfide) groups is 1. The molecule has 4 nitrogen and oxygen atoms in total. The normalized spacial score (nSPS) is 21.0. The van der Waals surface area contributed by atoms with Gasteiger partial charge in [-0.25, -0.2) is 0 Å². The number of hydrogen-bond donors (Lipinski definition) is 1. The van der Waals surface area contributed by atoms with Crippen molar-refractivity contribution in [3.63, 3.8) is 0 Å². The minimum atomic E-state index is 0.735. The molecule has 0 spiro atoms. The number of aliphatic imine (C=N–C) groups is 1. The smallest absolute Gasteiger partial charge is 0.191 e. The molecule has 0 radical (unpaired) electrons. The summed E-state index contributed by atoms with van der Waals surface area (Å²) in [6.07, 6.45) is 1.19. The SMILES string of the molecule is NC(=NCCN1CCc2sccc2C1)N1CCSCC1. The summed E-state index contributed by atoms with van der Waals surface area (Å²) in [5.74, 6) is 3.07. The second-order valence-electron chi connectivity index (χ2n) is 5.23. The quantitative estimate of drug-likeness (QED) is 0.678. The van der Waals surface area contributed by atoms with Crippen molar-refractivity contribution < 1.29 is 0 Å². The molecule has 0 bridgehead atoms. The molecule has 6 heteroatoms. The van der Waals surface area contributed by atoms with Crippen molar-refractivity contribution in [2.75, 3.05) is 44.2 Å². The van der Waals surface area contributed by atoms with Gasteiger partial charge in [-0.05, 0) is 23.4 Å². The zero-order valence-corrected chi connectivity index (χ0v) is 13.4. The van der Waals surface area contributed by atoms with Gasteiger partial charge in [-0.1, -0.05) is 0 Å².